The number of ether oxygens (including phenoxy) is 2. The molecular weight excluding hydrogens is 432 g/mol. The van der Waals surface area contributed by atoms with E-state index in [1.54, 1.807) is 29.6 Å². The van der Waals surface area contributed by atoms with Gasteiger partial charge in [-0.1, -0.05) is 11.2 Å². The van der Waals surface area contributed by atoms with Crippen molar-refractivity contribution in [2.45, 2.75) is 23.1 Å². The molecule has 0 spiro atoms. The number of rotatable bonds is 5. The molecular formula is C18H16N4O6S2. The molecule has 1 aromatic carbocycles. The van der Waals surface area contributed by atoms with E-state index in [-0.39, 0.29) is 29.5 Å². The number of nitrogens with zero attached hydrogens (tertiary/aromatic N) is 3. The maximum Gasteiger partial charge on any atom is 0.322 e. The van der Waals surface area contributed by atoms with Crippen LogP contribution in [-0.4, -0.2) is 48.2 Å². The third-order valence-electron chi connectivity index (χ3n) is 4.84. The highest BCUT2D eigenvalue weighted by molar-refractivity contribution is 7.91. The molecule has 1 saturated heterocycles. The number of aromatic nitrogens is 2. The van der Waals surface area contributed by atoms with Crippen LogP contribution in [0.5, 0.6) is 11.5 Å². The van der Waals surface area contributed by atoms with Gasteiger partial charge in [-0.3, -0.25) is 10.1 Å². The van der Waals surface area contributed by atoms with Gasteiger partial charge in [0.15, 0.2) is 11.5 Å². The minimum Gasteiger partial charge on any atom is -0.454 e. The van der Waals surface area contributed by atoms with Crippen LogP contribution < -0.4 is 14.8 Å². The first-order valence-corrected chi connectivity index (χ1v) is 11.4. The molecule has 4 heterocycles. The van der Waals surface area contributed by atoms with Crippen LogP contribution >= 0.6 is 11.3 Å². The Morgan fingerprint density at radius 3 is 2.90 bits per heavy atom. The number of thiophene rings is 1. The summed E-state index contributed by atoms with van der Waals surface area (Å²) in [5, 5.41) is 12.0. The predicted octanol–water partition coefficient (Wildman–Crippen LogP) is 2.32. The Morgan fingerprint density at radius 1 is 1.20 bits per heavy atom. The van der Waals surface area contributed by atoms with Crippen molar-refractivity contribution in [1.29, 1.82) is 0 Å². The SMILES string of the molecule is O=C(Nc1nnc(-c2ccc3c(c2)OCO3)o1)[C@H]1CCCN1S(=O)(=O)c1cccs1. The molecule has 0 bridgehead atoms. The molecule has 0 saturated carbocycles. The Bertz CT molecular complexity index is 1190. The molecule has 1 amide bonds. The zero-order chi connectivity index (χ0) is 20.7. The highest BCUT2D eigenvalue weighted by Gasteiger charge is 2.40. The number of carbonyl (C=O) groups excluding carboxylic acids is 1. The second kappa shape index (κ2) is 7.38. The Morgan fingerprint density at radius 2 is 2.07 bits per heavy atom. The summed E-state index contributed by atoms with van der Waals surface area (Å²) >= 11 is 1.12. The molecule has 1 atom stereocenters. The minimum atomic E-state index is -3.73. The maximum atomic E-state index is 12.8. The molecule has 12 heteroatoms. The van der Waals surface area contributed by atoms with E-state index in [0.29, 0.717) is 29.9 Å². The van der Waals surface area contributed by atoms with Crippen molar-refractivity contribution in [2.75, 3.05) is 18.7 Å². The first-order chi connectivity index (χ1) is 14.5. The molecule has 1 N–H and O–H groups in total. The smallest absolute Gasteiger partial charge is 0.322 e. The van der Waals surface area contributed by atoms with Crippen molar-refractivity contribution in [3.8, 4) is 23.0 Å². The Hall–Kier alpha value is -2.96. The third kappa shape index (κ3) is 3.32. The van der Waals surface area contributed by atoms with E-state index in [0.717, 1.165) is 11.3 Å². The van der Waals surface area contributed by atoms with Gasteiger partial charge in [0.25, 0.3) is 10.0 Å². The van der Waals surface area contributed by atoms with Crippen molar-refractivity contribution in [3.63, 3.8) is 0 Å². The highest BCUT2D eigenvalue weighted by atomic mass is 32.2. The van der Waals surface area contributed by atoms with Gasteiger partial charge in [0.1, 0.15) is 10.3 Å². The Labute approximate surface area is 175 Å². The van der Waals surface area contributed by atoms with Gasteiger partial charge in [0.2, 0.25) is 18.6 Å². The second-order valence-corrected chi connectivity index (χ2v) is 9.74. The number of nitrogens with one attached hydrogen (secondary N) is 1. The van der Waals surface area contributed by atoms with Crippen LogP contribution in [0.4, 0.5) is 6.01 Å². The lowest BCUT2D eigenvalue weighted by molar-refractivity contribution is -0.119. The molecule has 2 aliphatic rings. The van der Waals surface area contributed by atoms with E-state index in [2.05, 4.69) is 15.5 Å². The Balaban J connectivity index is 1.32. The zero-order valence-electron chi connectivity index (χ0n) is 15.5. The van der Waals surface area contributed by atoms with Gasteiger partial charge in [0, 0.05) is 12.1 Å². The monoisotopic (exact) mass is 448 g/mol. The maximum absolute atomic E-state index is 12.8. The average molecular weight is 448 g/mol. The second-order valence-electron chi connectivity index (χ2n) is 6.68. The summed E-state index contributed by atoms with van der Waals surface area (Å²) in [5.74, 6) is 0.878. The lowest BCUT2D eigenvalue weighted by atomic mass is 10.2. The number of hydrogen-bond acceptors (Lipinski definition) is 9. The van der Waals surface area contributed by atoms with E-state index in [9.17, 15) is 13.2 Å². The van der Waals surface area contributed by atoms with Gasteiger partial charge in [-0.05, 0) is 42.5 Å². The molecule has 0 radical (unpaired) electrons. The topological polar surface area (TPSA) is 124 Å². The lowest BCUT2D eigenvalue weighted by Crippen LogP contribution is -2.42. The van der Waals surface area contributed by atoms with Crippen molar-refractivity contribution < 1.29 is 27.1 Å². The number of fused-ring (bicyclic) bond motifs is 1. The van der Waals surface area contributed by atoms with Crippen LogP contribution in [0.1, 0.15) is 12.8 Å². The van der Waals surface area contributed by atoms with E-state index in [1.165, 1.54) is 10.4 Å². The molecule has 156 valence electrons. The largest absolute Gasteiger partial charge is 0.454 e. The molecule has 0 aliphatic carbocycles. The van der Waals surface area contributed by atoms with Gasteiger partial charge >= 0.3 is 6.01 Å². The first kappa shape index (κ1) is 19.0. The summed E-state index contributed by atoms with van der Waals surface area (Å²) in [5.41, 5.74) is 0.606. The average Bonchev–Trinajstić information content (AvgIpc) is 3.54. The van der Waals surface area contributed by atoms with Crippen LogP contribution in [0.3, 0.4) is 0 Å². The summed E-state index contributed by atoms with van der Waals surface area (Å²) in [4.78, 5) is 12.8. The third-order valence-corrected chi connectivity index (χ3v) is 8.12. The van der Waals surface area contributed by atoms with Crippen molar-refractivity contribution >= 4 is 33.3 Å². The summed E-state index contributed by atoms with van der Waals surface area (Å²) < 4.78 is 43.2. The number of anilines is 1. The fourth-order valence-electron chi connectivity index (χ4n) is 3.42. The van der Waals surface area contributed by atoms with Gasteiger partial charge in [-0.15, -0.1) is 16.4 Å². The summed E-state index contributed by atoms with van der Waals surface area (Å²) in [6.07, 6.45) is 1.01. The molecule has 10 nitrogen and oxygen atoms in total. The van der Waals surface area contributed by atoms with E-state index >= 15 is 0 Å². The molecule has 0 unspecified atom stereocenters. The number of carbonyl (C=O) groups is 1. The summed E-state index contributed by atoms with van der Waals surface area (Å²) in [6.45, 7) is 0.431. The summed E-state index contributed by atoms with van der Waals surface area (Å²) in [6, 6.07) is 7.42. The van der Waals surface area contributed by atoms with Gasteiger partial charge < -0.3 is 13.9 Å². The fourth-order valence-corrected chi connectivity index (χ4v) is 6.20. The van der Waals surface area contributed by atoms with Crippen LogP contribution in [-0.2, 0) is 14.8 Å². The van der Waals surface area contributed by atoms with Crippen LogP contribution in [0.15, 0.2) is 44.3 Å². The molecule has 2 aromatic heterocycles. The molecule has 1 fully saturated rings. The normalized spacial score (nSPS) is 18.6. The molecule has 3 aromatic rings. The van der Waals surface area contributed by atoms with Crippen molar-refractivity contribution in [2.24, 2.45) is 0 Å². The van der Waals surface area contributed by atoms with E-state index in [4.69, 9.17) is 13.9 Å². The molecule has 2 aliphatic heterocycles. The van der Waals surface area contributed by atoms with Crippen molar-refractivity contribution in [3.05, 3.63) is 35.7 Å². The number of hydrogen-bond donors (Lipinski definition) is 1. The molecule has 30 heavy (non-hydrogen) atoms. The highest BCUT2D eigenvalue weighted by Crippen LogP contribution is 2.36. The first-order valence-electron chi connectivity index (χ1n) is 9.12. The van der Waals surface area contributed by atoms with Gasteiger partial charge in [0.05, 0.1) is 0 Å². The van der Waals surface area contributed by atoms with Gasteiger partial charge in [-0.25, -0.2) is 8.42 Å². The quantitative estimate of drug-likeness (QED) is 0.631. The van der Waals surface area contributed by atoms with E-state index < -0.39 is 22.0 Å². The standard InChI is InChI=1S/C18H16N4O6S2/c23-16(12-3-1-7-22(12)30(24,25)15-4-2-8-29-15)19-18-21-20-17(28-18)11-5-6-13-14(9-11)27-10-26-13/h2,4-6,8-9,12H,1,3,7,10H2,(H,19,21,23)/t12-/m1/s1. The number of sulfonamides is 1. The fraction of sp³-hybridized carbons (Fsp3) is 0.278. The Kier molecular flexibility index (Phi) is 4.68. The predicted molar refractivity (Wildman–Crippen MR) is 106 cm³/mol. The zero-order valence-corrected chi connectivity index (χ0v) is 17.1. The van der Waals surface area contributed by atoms with Crippen molar-refractivity contribution in [1.82, 2.24) is 14.5 Å². The lowest BCUT2D eigenvalue weighted by Gasteiger charge is -2.21. The molecule has 5 rings (SSSR count). The van der Waals surface area contributed by atoms with Crippen LogP contribution in [0.25, 0.3) is 11.5 Å². The van der Waals surface area contributed by atoms with Gasteiger partial charge in [-0.2, -0.15) is 4.31 Å². The summed E-state index contributed by atoms with van der Waals surface area (Å²) in [7, 11) is -3.73. The van der Waals surface area contributed by atoms with Crippen LogP contribution in [0, 0.1) is 0 Å². The minimum absolute atomic E-state index is 0.104. The number of amides is 1. The number of benzene rings is 1. The van der Waals surface area contributed by atoms with E-state index in [1.807, 2.05) is 0 Å². The van der Waals surface area contributed by atoms with Crippen LogP contribution in [0.2, 0.25) is 0 Å².